The highest BCUT2D eigenvalue weighted by Crippen LogP contribution is 2.19. The van der Waals surface area contributed by atoms with Crippen molar-refractivity contribution in [3.05, 3.63) is 0 Å². The first-order valence-corrected chi connectivity index (χ1v) is 4.02. The summed E-state index contributed by atoms with van der Waals surface area (Å²) >= 11 is 0. The predicted octanol–water partition coefficient (Wildman–Crippen LogP) is -2.60. The lowest BCUT2D eigenvalue weighted by Gasteiger charge is -2.39. The summed E-state index contributed by atoms with van der Waals surface area (Å²) in [7, 11) is 1.38. The fourth-order valence-electron chi connectivity index (χ4n) is 1.32. The van der Waals surface area contributed by atoms with Crippen LogP contribution in [0.25, 0.3) is 0 Å². The van der Waals surface area contributed by atoms with Gasteiger partial charge in [0.05, 0.1) is 12.6 Å². The molecule has 6 heteroatoms. The van der Waals surface area contributed by atoms with Crippen molar-refractivity contribution in [3.8, 4) is 0 Å². The van der Waals surface area contributed by atoms with E-state index in [-0.39, 0.29) is 6.61 Å². The topological polar surface area (TPSA) is 105 Å². The van der Waals surface area contributed by atoms with Crippen LogP contribution in [0.15, 0.2) is 0 Å². The van der Waals surface area contributed by atoms with Crippen LogP contribution in [-0.4, -0.2) is 59.7 Å². The fraction of sp³-hybridized carbons (Fsp3) is 1.00. The van der Waals surface area contributed by atoms with E-state index in [4.69, 9.17) is 20.3 Å². The highest BCUT2D eigenvalue weighted by Gasteiger charge is 2.42. The monoisotopic (exact) mass is 193 g/mol. The van der Waals surface area contributed by atoms with Crippen LogP contribution in [0.1, 0.15) is 0 Å². The molecule has 6 nitrogen and oxygen atoms in total. The number of ether oxygens (including phenoxy) is 2. The van der Waals surface area contributed by atoms with Gasteiger partial charge >= 0.3 is 0 Å². The number of nitrogens with two attached hydrogens (primary N) is 1. The van der Waals surface area contributed by atoms with E-state index in [1.54, 1.807) is 0 Å². The smallest absolute Gasteiger partial charge is 0.175 e. The molecule has 3 unspecified atom stereocenters. The van der Waals surface area contributed by atoms with Gasteiger partial charge in [-0.15, -0.1) is 0 Å². The number of hydrogen-bond donors (Lipinski definition) is 4. The normalized spacial score (nSPS) is 46.4. The van der Waals surface area contributed by atoms with E-state index < -0.39 is 30.6 Å². The van der Waals surface area contributed by atoms with E-state index in [1.807, 2.05) is 0 Å². The molecule has 1 fully saturated rings. The summed E-state index contributed by atoms with van der Waals surface area (Å²) < 4.78 is 9.90. The second-order valence-corrected chi connectivity index (χ2v) is 3.02. The lowest BCUT2D eigenvalue weighted by Crippen LogP contribution is -2.62. The molecule has 0 aromatic carbocycles. The molecule has 5 N–H and O–H groups in total. The predicted molar refractivity (Wildman–Crippen MR) is 42.7 cm³/mol. The van der Waals surface area contributed by atoms with Crippen LogP contribution in [0.5, 0.6) is 0 Å². The summed E-state index contributed by atoms with van der Waals surface area (Å²) in [5, 5.41) is 27.5. The number of aliphatic hydroxyl groups is 3. The quantitative estimate of drug-likeness (QED) is 0.383. The zero-order valence-electron chi connectivity index (χ0n) is 7.33. The molecule has 0 aromatic rings. The lowest BCUT2D eigenvalue weighted by atomic mass is 9.98. The van der Waals surface area contributed by atoms with Gasteiger partial charge in [0, 0.05) is 7.11 Å². The summed E-state index contributed by atoms with van der Waals surface area (Å²) in [5.41, 5.74) is 5.50. The second-order valence-electron chi connectivity index (χ2n) is 3.02. The molecule has 1 saturated heterocycles. The van der Waals surface area contributed by atoms with Crippen molar-refractivity contribution in [1.29, 1.82) is 0 Å². The summed E-state index contributed by atoms with van der Waals surface area (Å²) in [6, 6.07) is -0.803. The highest BCUT2D eigenvalue weighted by molar-refractivity contribution is 4.91. The van der Waals surface area contributed by atoms with E-state index in [2.05, 4.69) is 0 Å². The first kappa shape index (κ1) is 10.8. The van der Waals surface area contributed by atoms with Crippen LogP contribution in [0, 0.1) is 0 Å². The Balaban J connectivity index is 2.66. The van der Waals surface area contributed by atoms with Crippen LogP contribution in [0.2, 0.25) is 0 Å². The van der Waals surface area contributed by atoms with Crippen LogP contribution in [-0.2, 0) is 9.47 Å². The molecule has 1 aliphatic rings. The van der Waals surface area contributed by atoms with Crippen LogP contribution in [0.4, 0.5) is 0 Å². The van der Waals surface area contributed by atoms with Gasteiger partial charge in [-0.25, -0.2) is 0 Å². The number of rotatable bonds is 2. The average molecular weight is 193 g/mol. The Hall–Kier alpha value is -0.240. The Morgan fingerprint density at radius 3 is 2.46 bits per heavy atom. The Morgan fingerprint density at radius 1 is 1.38 bits per heavy atom. The Labute approximate surface area is 75.9 Å². The van der Waals surface area contributed by atoms with E-state index >= 15 is 0 Å². The highest BCUT2D eigenvalue weighted by atomic mass is 16.7. The molecule has 0 amide bonds. The van der Waals surface area contributed by atoms with E-state index in [0.717, 1.165) is 0 Å². The number of hydrogen-bond acceptors (Lipinski definition) is 6. The fourth-order valence-corrected chi connectivity index (χ4v) is 1.32. The zero-order chi connectivity index (χ0) is 10.0. The van der Waals surface area contributed by atoms with Gasteiger partial charge in [-0.3, -0.25) is 0 Å². The molecular weight excluding hydrogens is 178 g/mol. The molecule has 1 heterocycles. The summed E-state index contributed by atoms with van der Waals surface area (Å²) in [6.07, 6.45) is -3.96. The summed E-state index contributed by atoms with van der Waals surface area (Å²) in [4.78, 5) is 0. The van der Waals surface area contributed by atoms with E-state index in [1.165, 1.54) is 7.11 Å². The molecule has 5 atom stereocenters. The molecule has 0 aliphatic carbocycles. The largest absolute Gasteiger partial charge is 0.394 e. The van der Waals surface area contributed by atoms with Crippen molar-refractivity contribution < 1.29 is 24.8 Å². The van der Waals surface area contributed by atoms with Gasteiger partial charge in [0.1, 0.15) is 18.3 Å². The lowest BCUT2D eigenvalue weighted by molar-refractivity contribution is -0.257. The van der Waals surface area contributed by atoms with E-state index in [0.29, 0.717) is 0 Å². The Morgan fingerprint density at radius 2 is 2.00 bits per heavy atom. The van der Waals surface area contributed by atoms with Gasteiger partial charge in [-0.05, 0) is 0 Å². The molecular formula is C7H15NO5. The van der Waals surface area contributed by atoms with Gasteiger partial charge in [0.25, 0.3) is 0 Å². The van der Waals surface area contributed by atoms with Crippen molar-refractivity contribution in [2.24, 2.45) is 5.73 Å². The average Bonchev–Trinajstić information content (AvgIpc) is 2.15. The number of aliphatic hydroxyl groups excluding tert-OH is 3. The minimum absolute atomic E-state index is 0.384. The van der Waals surface area contributed by atoms with Crippen molar-refractivity contribution in [3.63, 3.8) is 0 Å². The Bertz CT molecular complexity index is 147. The minimum atomic E-state index is -1.17. The minimum Gasteiger partial charge on any atom is -0.394 e. The summed E-state index contributed by atoms with van der Waals surface area (Å²) in [6.45, 7) is -0.384. The first-order chi connectivity index (χ1) is 6.11. The molecule has 0 aromatic heterocycles. The van der Waals surface area contributed by atoms with Crippen molar-refractivity contribution in [1.82, 2.24) is 0 Å². The van der Waals surface area contributed by atoms with Crippen molar-refractivity contribution in [2.75, 3.05) is 13.7 Å². The second kappa shape index (κ2) is 4.32. The molecule has 0 radical (unpaired) electrons. The van der Waals surface area contributed by atoms with E-state index in [9.17, 15) is 10.2 Å². The maximum atomic E-state index is 9.40. The van der Waals surface area contributed by atoms with Crippen LogP contribution < -0.4 is 5.73 Å². The van der Waals surface area contributed by atoms with Crippen molar-refractivity contribution >= 4 is 0 Å². The maximum Gasteiger partial charge on any atom is 0.175 e. The van der Waals surface area contributed by atoms with Crippen molar-refractivity contribution in [2.45, 2.75) is 30.6 Å². The third-order valence-corrected chi connectivity index (χ3v) is 2.16. The zero-order valence-corrected chi connectivity index (χ0v) is 7.33. The van der Waals surface area contributed by atoms with Crippen LogP contribution >= 0.6 is 0 Å². The molecule has 0 saturated carbocycles. The Kier molecular flexibility index (Phi) is 3.60. The number of methoxy groups -OCH3 is 1. The molecule has 13 heavy (non-hydrogen) atoms. The molecule has 78 valence electrons. The van der Waals surface area contributed by atoms with Gasteiger partial charge < -0.3 is 30.5 Å². The summed E-state index contributed by atoms with van der Waals surface area (Å²) in [5.74, 6) is 0. The third kappa shape index (κ3) is 1.98. The SMILES string of the molecule is CO[C@H]1OC(CO)[C@@H](O)C(O)C1N. The molecule has 1 aliphatic heterocycles. The van der Waals surface area contributed by atoms with Gasteiger partial charge in [0.2, 0.25) is 0 Å². The standard InChI is InChI=1S/C7H15NO5/c1-12-7-4(8)6(11)5(10)3(2-9)13-7/h3-7,9-11H,2,8H2,1H3/t3?,4?,5-,6?,7+/m1/s1. The molecule has 1 rings (SSSR count). The first-order valence-electron chi connectivity index (χ1n) is 4.02. The molecule has 0 bridgehead atoms. The van der Waals surface area contributed by atoms with Gasteiger partial charge in [-0.1, -0.05) is 0 Å². The maximum absolute atomic E-state index is 9.40. The molecule has 0 spiro atoms. The van der Waals surface area contributed by atoms with Gasteiger partial charge in [-0.2, -0.15) is 0 Å². The van der Waals surface area contributed by atoms with Crippen LogP contribution in [0.3, 0.4) is 0 Å². The third-order valence-electron chi connectivity index (χ3n) is 2.16. The van der Waals surface area contributed by atoms with Gasteiger partial charge in [0.15, 0.2) is 6.29 Å².